The van der Waals surface area contributed by atoms with E-state index < -0.39 is 0 Å². The summed E-state index contributed by atoms with van der Waals surface area (Å²) in [6.45, 7) is 3.93. The van der Waals surface area contributed by atoms with Crippen LogP contribution in [0.15, 0.2) is 36.5 Å². The highest BCUT2D eigenvalue weighted by Gasteiger charge is 2.29. The van der Waals surface area contributed by atoms with Crippen LogP contribution in [0.25, 0.3) is 0 Å². The van der Waals surface area contributed by atoms with Crippen LogP contribution < -0.4 is 19.5 Å². The number of benzene rings is 1. The fourth-order valence-corrected chi connectivity index (χ4v) is 3.55. The second-order valence-electron chi connectivity index (χ2n) is 6.22. The molecule has 6 heteroatoms. The van der Waals surface area contributed by atoms with Gasteiger partial charge in [0.1, 0.15) is 0 Å². The number of rotatable bonds is 6. The number of hydrogen-bond donors (Lipinski definition) is 1. The van der Waals surface area contributed by atoms with Gasteiger partial charge in [-0.25, -0.2) is 0 Å². The monoisotopic (exact) mass is 357 g/mol. The second-order valence-corrected chi connectivity index (χ2v) is 6.22. The topological polar surface area (TPSA) is 55.9 Å². The van der Waals surface area contributed by atoms with Crippen LogP contribution in [0.3, 0.4) is 0 Å². The maximum absolute atomic E-state index is 5.76. The lowest BCUT2D eigenvalue weighted by molar-refractivity contribution is 0.230. The van der Waals surface area contributed by atoms with Crippen LogP contribution in [0.5, 0.6) is 17.2 Å². The Bertz CT molecular complexity index is 701. The molecule has 26 heavy (non-hydrogen) atoms. The normalized spacial score (nSPS) is 16.6. The predicted octanol–water partition coefficient (Wildman–Crippen LogP) is 2.49. The van der Waals surface area contributed by atoms with Crippen LogP contribution in [-0.4, -0.2) is 57.4 Å². The first-order chi connectivity index (χ1) is 12.8. The second kappa shape index (κ2) is 8.87. The number of pyridine rings is 1. The minimum atomic E-state index is -0.00847. The van der Waals surface area contributed by atoms with Gasteiger partial charge < -0.3 is 19.5 Å². The summed E-state index contributed by atoms with van der Waals surface area (Å²) in [6, 6.07) is 10.0. The van der Waals surface area contributed by atoms with Crippen LogP contribution in [0.2, 0.25) is 0 Å². The number of ether oxygens (including phenoxy) is 3. The zero-order chi connectivity index (χ0) is 18.4. The van der Waals surface area contributed by atoms with Gasteiger partial charge in [0.15, 0.2) is 11.5 Å². The van der Waals surface area contributed by atoms with Crippen molar-refractivity contribution in [2.45, 2.75) is 12.5 Å². The number of aromatic nitrogens is 1. The number of hydrogen-bond acceptors (Lipinski definition) is 6. The van der Waals surface area contributed by atoms with Gasteiger partial charge >= 0.3 is 0 Å². The number of nitrogens with zero attached hydrogens (tertiary/aromatic N) is 2. The fraction of sp³-hybridized carbons (Fsp3) is 0.450. The van der Waals surface area contributed by atoms with E-state index in [9.17, 15) is 0 Å². The highest BCUT2D eigenvalue weighted by molar-refractivity contribution is 5.57. The molecule has 140 valence electrons. The van der Waals surface area contributed by atoms with Gasteiger partial charge in [-0.1, -0.05) is 6.07 Å². The van der Waals surface area contributed by atoms with Crippen LogP contribution >= 0.6 is 0 Å². The third-order valence-electron chi connectivity index (χ3n) is 4.74. The standard InChI is InChI=1S/C20H27N3O3/c1-24-17-9-8-15(19(25-2)20(17)26-3)18(16-7-4-5-11-22-16)23-13-6-10-21-12-14-23/h4-5,7-9,11,18,21H,6,10,12-14H2,1-3H3. The average Bonchev–Trinajstić information content (AvgIpc) is 2.97. The molecule has 6 nitrogen and oxygen atoms in total. The Hall–Kier alpha value is -2.31. The summed E-state index contributed by atoms with van der Waals surface area (Å²) in [6.07, 6.45) is 2.94. The molecule has 2 aromatic rings. The molecule has 1 N–H and O–H groups in total. The van der Waals surface area contributed by atoms with Crippen molar-refractivity contribution >= 4 is 0 Å². The minimum Gasteiger partial charge on any atom is -0.493 e. The van der Waals surface area contributed by atoms with Crippen molar-refractivity contribution in [3.05, 3.63) is 47.8 Å². The molecule has 0 bridgehead atoms. The van der Waals surface area contributed by atoms with E-state index in [1.54, 1.807) is 21.3 Å². The fourth-order valence-electron chi connectivity index (χ4n) is 3.55. The zero-order valence-corrected chi connectivity index (χ0v) is 15.7. The molecule has 0 aliphatic carbocycles. The molecule has 2 heterocycles. The lowest BCUT2D eigenvalue weighted by Crippen LogP contribution is -2.33. The van der Waals surface area contributed by atoms with Crippen LogP contribution in [0.4, 0.5) is 0 Å². The highest BCUT2D eigenvalue weighted by Crippen LogP contribution is 2.44. The van der Waals surface area contributed by atoms with E-state index in [2.05, 4.69) is 27.3 Å². The quantitative estimate of drug-likeness (QED) is 0.857. The molecular weight excluding hydrogens is 330 g/mol. The van der Waals surface area contributed by atoms with E-state index in [1.807, 2.05) is 24.4 Å². The molecule has 1 aliphatic rings. The molecule has 0 radical (unpaired) electrons. The molecule has 1 fully saturated rings. The molecule has 1 unspecified atom stereocenters. The van der Waals surface area contributed by atoms with Gasteiger partial charge in [-0.3, -0.25) is 9.88 Å². The van der Waals surface area contributed by atoms with Crippen molar-refractivity contribution in [3.63, 3.8) is 0 Å². The molecule has 1 saturated heterocycles. The lowest BCUT2D eigenvalue weighted by Gasteiger charge is -2.32. The van der Waals surface area contributed by atoms with Gasteiger partial charge in [-0.05, 0) is 37.2 Å². The Morgan fingerprint density at radius 2 is 1.81 bits per heavy atom. The lowest BCUT2D eigenvalue weighted by atomic mass is 9.98. The van der Waals surface area contributed by atoms with E-state index in [1.165, 1.54) is 0 Å². The molecule has 3 rings (SSSR count). The van der Waals surface area contributed by atoms with Gasteiger partial charge in [0.05, 0.1) is 33.1 Å². The van der Waals surface area contributed by atoms with E-state index in [-0.39, 0.29) is 6.04 Å². The van der Waals surface area contributed by atoms with Gasteiger partial charge in [-0.15, -0.1) is 0 Å². The van der Waals surface area contributed by atoms with E-state index >= 15 is 0 Å². The van der Waals surface area contributed by atoms with Gasteiger partial charge in [0.2, 0.25) is 5.75 Å². The van der Waals surface area contributed by atoms with E-state index in [0.717, 1.165) is 43.9 Å². The van der Waals surface area contributed by atoms with Crippen LogP contribution in [0.1, 0.15) is 23.7 Å². The summed E-state index contributed by atoms with van der Waals surface area (Å²) in [7, 11) is 4.93. The predicted molar refractivity (Wildman–Crippen MR) is 101 cm³/mol. The maximum atomic E-state index is 5.76. The largest absolute Gasteiger partial charge is 0.493 e. The minimum absolute atomic E-state index is 0.00847. The van der Waals surface area contributed by atoms with Gasteiger partial charge in [-0.2, -0.15) is 0 Å². The molecular formula is C20H27N3O3. The Labute approximate surface area is 155 Å². The molecule has 1 aromatic carbocycles. The number of nitrogens with one attached hydrogen (secondary N) is 1. The van der Waals surface area contributed by atoms with Crippen LogP contribution in [0, 0.1) is 0 Å². The van der Waals surface area contributed by atoms with Crippen molar-refractivity contribution in [1.29, 1.82) is 0 Å². The molecule has 1 aromatic heterocycles. The summed E-state index contributed by atoms with van der Waals surface area (Å²) in [5.74, 6) is 1.96. The van der Waals surface area contributed by atoms with Crippen molar-refractivity contribution in [2.75, 3.05) is 47.5 Å². The summed E-state index contributed by atoms with van der Waals surface area (Å²) >= 11 is 0. The van der Waals surface area contributed by atoms with Crippen molar-refractivity contribution in [3.8, 4) is 17.2 Å². The van der Waals surface area contributed by atoms with Gasteiger partial charge in [0.25, 0.3) is 0 Å². The molecule has 0 spiro atoms. The first kappa shape index (κ1) is 18.5. The smallest absolute Gasteiger partial charge is 0.203 e. The summed E-state index contributed by atoms with van der Waals surface area (Å²) < 4.78 is 16.8. The summed E-state index contributed by atoms with van der Waals surface area (Å²) in [5.41, 5.74) is 2.03. The first-order valence-corrected chi connectivity index (χ1v) is 8.94. The Balaban J connectivity index is 2.12. The zero-order valence-electron chi connectivity index (χ0n) is 15.7. The summed E-state index contributed by atoms with van der Waals surface area (Å²) in [4.78, 5) is 7.10. The third kappa shape index (κ3) is 3.76. The Kier molecular flexibility index (Phi) is 6.30. The van der Waals surface area contributed by atoms with E-state index in [0.29, 0.717) is 17.2 Å². The maximum Gasteiger partial charge on any atom is 0.203 e. The van der Waals surface area contributed by atoms with Crippen LogP contribution in [-0.2, 0) is 0 Å². The summed E-state index contributed by atoms with van der Waals surface area (Å²) in [5, 5.41) is 3.47. The highest BCUT2D eigenvalue weighted by atomic mass is 16.5. The SMILES string of the molecule is COc1ccc(C(c2ccccn2)N2CCCNCC2)c(OC)c1OC. The third-order valence-corrected chi connectivity index (χ3v) is 4.74. The molecule has 1 aliphatic heterocycles. The van der Waals surface area contributed by atoms with Gasteiger partial charge in [0, 0.05) is 31.4 Å². The molecule has 0 amide bonds. The first-order valence-electron chi connectivity index (χ1n) is 8.94. The van der Waals surface area contributed by atoms with E-state index in [4.69, 9.17) is 14.2 Å². The Morgan fingerprint density at radius 1 is 0.962 bits per heavy atom. The number of methoxy groups -OCH3 is 3. The van der Waals surface area contributed by atoms with Crippen molar-refractivity contribution < 1.29 is 14.2 Å². The molecule has 0 saturated carbocycles. The average molecular weight is 357 g/mol. The van der Waals surface area contributed by atoms with Crippen molar-refractivity contribution in [2.24, 2.45) is 0 Å². The Morgan fingerprint density at radius 3 is 2.50 bits per heavy atom. The molecule has 1 atom stereocenters. The van der Waals surface area contributed by atoms with Crippen molar-refractivity contribution in [1.82, 2.24) is 15.2 Å².